The number of allylic oxidation sites excluding steroid dienone is 1. The first-order valence-electron chi connectivity index (χ1n) is 10.8. The zero-order valence-electron chi connectivity index (χ0n) is 17.1. The van der Waals surface area contributed by atoms with Gasteiger partial charge in [-0.1, -0.05) is 83.3 Å². The van der Waals surface area contributed by atoms with Gasteiger partial charge in [0.1, 0.15) is 0 Å². The van der Waals surface area contributed by atoms with Crippen molar-refractivity contribution in [3.63, 3.8) is 0 Å². The molecule has 0 spiro atoms. The molecule has 0 bridgehead atoms. The minimum atomic E-state index is -0.610. The summed E-state index contributed by atoms with van der Waals surface area (Å²) in [5.41, 5.74) is 0. The van der Waals surface area contributed by atoms with E-state index in [4.69, 9.17) is 4.74 Å². The second kappa shape index (κ2) is 18.4. The minimum Gasteiger partial charge on any atom is -0.390 e. The van der Waals surface area contributed by atoms with Gasteiger partial charge in [-0.15, -0.1) is 0 Å². The first kappa shape index (κ1) is 24.6. The Morgan fingerprint density at radius 3 is 1.84 bits per heavy atom. The quantitative estimate of drug-likeness (QED) is 0.242. The van der Waals surface area contributed by atoms with E-state index in [-0.39, 0.29) is 6.10 Å². The second-order valence-electron chi connectivity index (χ2n) is 7.28. The summed E-state index contributed by atoms with van der Waals surface area (Å²) < 4.78 is 5.34. The second-order valence-corrected chi connectivity index (χ2v) is 7.28. The number of rotatable bonds is 18. The molecule has 0 aliphatic carbocycles. The summed E-state index contributed by atoms with van der Waals surface area (Å²) in [5.74, 6) is 0. The van der Waals surface area contributed by atoms with Gasteiger partial charge in [-0.05, 0) is 26.7 Å². The normalized spacial score (nSPS) is 15.6. The lowest BCUT2D eigenvalue weighted by atomic mass is 10.0. The summed E-state index contributed by atoms with van der Waals surface area (Å²) in [6.45, 7) is 6.61. The van der Waals surface area contributed by atoms with Crippen LogP contribution in [-0.4, -0.2) is 35.1 Å². The van der Waals surface area contributed by atoms with E-state index in [9.17, 15) is 10.2 Å². The van der Waals surface area contributed by atoms with Gasteiger partial charge in [-0.25, -0.2) is 0 Å². The highest BCUT2D eigenvalue weighted by Gasteiger charge is 2.16. The van der Waals surface area contributed by atoms with Gasteiger partial charge in [-0.3, -0.25) is 0 Å². The summed E-state index contributed by atoms with van der Waals surface area (Å²) >= 11 is 0. The number of unbranched alkanes of at least 4 members (excludes halogenated alkanes) is 11. The molecule has 0 aromatic heterocycles. The van der Waals surface area contributed by atoms with Gasteiger partial charge >= 0.3 is 0 Å². The summed E-state index contributed by atoms with van der Waals surface area (Å²) in [6, 6.07) is 0. The molecule has 0 rings (SSSR count). The van der Waals surface area contributed by atoms with Gasteiger partial charge < -0.3 is 14.9 Å². The molecule has 0 aromatic carbocycles. The topological polar surface area (TPSA) is 49.7 Å². The first-order chi connectivity index (χ1) is 12.1. The molecule has 150 valence electrons. The highest BCUT2D eigenvalue weighted by Crippen LogP contribution is 2.12. The van der Waals surface area contributed by atoms with Gasteiger partial charge in [0.25, 0.3) is 0 Å². The van der Waals surface area contributed by atoms with Gasteiger partial charge in [0.15, 0.2) is 0 Å². The Balaban J connectivity index is 3.42. The van der Waals surface area contributed by atoms with Gasteiger partial charge in [0.2, 0.25) is 0 Å². The molecule has 0 aromatic rings. The largest absolute Gasteiger partial charge is 0.390 e. The predicted octanol–water partition coefficient (Wildman–Crippen LogP) is 5.78. The highest BCUT2D eigenvalue weighted by atomic mass is 16.5. The van der Waals surface area contributed by atoms with Crippen molar-refractivity contribution in [3.8, 4) is 0 Å². The van der Waals surface area contributed by atoms with Crippen molar-refractivity contribution in [1.29, 1.82) is 0 Å². The average Bonchev–Trinajstić information content (AvgIpc) is 2.59. The van der Waals surface area contributed by atoms with Crippen LogP contribution in [0, 0.1) is 0 Å². The van der Waals surface area contributed by atoms with Crippen molar-refractivity contribution in [2.75, 3.05) is 6.61 Å². The van der Waals surface area contributed by atoms with Crippen molar-refractivity contribution in [2.24, 2.45) is 0 Å². The summed E-state index contributed by atoms with van der Waals surface area (Å²) in [4.78, 5) is 0. The Labute approximate surface area is 156 Å². The molecule has 3 atom stereocenters. The predicted molar refractivity (Wildman–Crippen MR) is 108 cm³/mol. The number of ether oxygens (including phenoxy) is 1. The molecule has 3 nitrogen and oxygen atoms in total. The Kier molecular flexibility index (Phi) is 18.1. The smallest absolute Gasteiger partial charge is 0.0826 e. The summed E-state index contributed by atoms with van der Waals surface area (Å²) in [7, 11) is 0. The van der Waals surface area contributed by atoms with E-state index in [0.717, 1.165) is 6.42 Å². The molecule has 0 heterocycles. The van der Waals surface area contributed by atoms with Crippen molar-refractivity contribution >= 4 is 0 Å². The third kappa shape index (κ3) is 16.8. The lowest BCUT2D eigenvalue weighted by molar-refractivity contribution is -0.0366. The number of aliphatic hydroxyl groups is 2. The van der Waals surface area contributed by atoms with Gasteiger partial charge in [0, 0.05) is 13.0 Å². The van der Waals surface area contributed by atoms with Crippen LogP contribution >= 0.6 is 0 Å². The molecular weight excluding hydrogens is 312 g/mol. The van der Waals surface area contributed by atoms with E-state index in [2.05, 4.69) is 13.0 Å². The molecular formula is C22H44O3. The Morgan fingerprint density at radius 2 is 1.32 bits per heavy atom. The van der Waals surface area contributed by atoms with Crippen molar-refractivity contribution in [1.82, 2.24) is 0 Å². The molecule has 0 aliphatic rings. The summed E-state index contributed by atoms with van der Waals surface area (Å²) in [5, 5.41) is 19.8. The maximum atomic E-state index is 9.91. The standard InChI is InChI=1S/C22H44O3/c1-4-6-7-8-9-10-11-12-13-14-15-16-17-18-21(23)19-22(24)20(3)25-5-2/h17-18,20-24H,4-16,19H2,1-3H3/b18-17+. The van der Waals surface area contributed by atoms with E-state index in [1.54, 1.807) is 0 Å². The van der Waals surface area contributed by atoms with Crippen LogP contribution in [0.2, 0.25) is 0 Å². The third-order valence-electron chi connectivity index (χ3n) is 4.79. The Hall–Kier alpha value is -0.380. The van der Waals surface area contributed by atoms with Crippen LogP contribution in [0.25, 0.3) is 0 Å². The zero-order chi connectivity index (χ0) is 18.8. The maximum absolute atomic E-state index is 9.91. The Morgan fingerprint density at radius 1 is 0.800 bits per heavy atom. The van der Waals surface area contributed by atoms with Crippen molar-refractivity contribution in [3.05, 3.63) is 12.2 Å². The first-order valence-corrected chi connectivity index (χ1v) is 10.8. The molecule has 0 amide bonds. The van der Waals surface area contributed by atoms with E-state index in [1.165, 1.54) is 70.6 Å². The molecule has 0 radical (unpaired) electrons. The van der Waals surface area contributed by atoms with Crippen LogP contribution in [0.4, 0.5) is 0 Å². The lowest BCUT2D eigenvalue weighted by Gasteiger charge is -2.20. The van der Waals surface area contributed by atoms with E-state index >= 15 is 0 Å². The highest BCUT2D eigenvalue weighted by molar-refractivity contribution is 4.90. The van der Waals surface area contributed by atoms with Gasteiger partial charge in [-0.2, -0.15) is 0 Å². The Bertz CT molecular complexity index is 291. The van der Waals surface area contributed by atoms with E-state index < -0.39 is 12.2 Å². The molecule has 0 aliphatic heterocycles. The maximum Gasteiger partial charge on any atom is 0.0826 e. The van der Waals surface area contributed by atoms with E-state index in [1.807, 2.05) is 19.9 Å². The van der Waals surface area contributed by atoms with Crippen LogP contribution in [0.5, 0.6) is 0 Å². The molecule has 2 N–H and O–H groups in total. The molecule has 0 fully saturated rings. The summed E-state index contributed by atoms with van der Waals surface area (Å²) in [6.07, 6.45) is 18.7. The SMILES string of the molecule is CCCCCCCCCCCCC/C=C/C(O)CC(O)C(C)OCC. The van der Waals surface area contributed by atoms with Crippen LogP contribution < -0.4 is 0 Å². The molecule has 25 heavy (non-hydrogen) atoms. The number of hydrogen-bond acceptors (Lipinski definition) is 3. The molecule has 3 unspecified atom stereocenters. The lowest BCUT2D eigenvalue weighted by Crippen LogP contribution is -2.29. The zero-order valence-corrected chi connectivity index (χ0v) is 17.1. The fourth-order valence-corrected chi connectivity index (χ4v) is 3.07. The van der Waals surface area contributed by atoms with Crippen molar-refractivity contribution in [2.45, 2.75) is 123 Å². The van der Waals surface area contributed by atoms with Gasteiger partial charge in [0.05, 0.1) is 18.3 Å². The van der Waals surface area contributed by atoms with Crippen molar-refractivity contribution < 1.29 is 14.9 Å². The molecule has 3 heteroatoms. The fraction of sp³-hybridized carbons (Fsp3) is 0.909. The average molecular weight is 357 g/mol. The molecule has 0 saturated carbocycles. The number of aliphatic hydroxyl groups excluding tert-OH is 2. The van der Waals surface area contributed by atoms with Crippen LogP contribution in [0.1, 0.15) is 104 Å². The number of hydrogen-bond donors (Lipinski definition) is 2. The van der Waals surface area contributed by atoms with Crippen LogP contribution in [0.15, 0.2) is 12.2 Å². The monoisotopic (exact) mass is 356 g/mol. The fourth-order valence-electron chi connectivity index (χ4n) is 3.07. The molecule has 0 saturated heterocycles. The third-order valence-corrected chi connectivity index (χ3v) is 4.79. The minimum absolute atomic E-state index is 0.223. The van der Waals surface area contributed by atoms with Crippen LogP contribution in [0.3, 0.4) is 0 Å². The van der Waals surface area contributed by atoms with Crippen LogP contribution in [-0.2, 0) is 4.74 Å². The van der Waals surface area contributed by atoms with E-state index in [0.29, 0.717) is 13.0 Å².